The number of halogens is 1. The van der Waals surface area contributed by atoms with Crippen molar-refractivity contribution in [2.45, 2.75) is 53.5 Å². The van der Waals surface area contributed by atoms with Crippen LogP contribution in [0.3, 0.4) is 0 Å². The van der Waals surface area contributed by atoms with E-state index in [1.165, 1.54) is 12.0 Å². The lowest BCUT2D eigenvalue weighted by molar-refractivity contribution is 0.222. The lowest BCUT2D eigenvalue weighted by Crippen LogP contribution is -2.35. The van der Waals surface area contributed by atoms with Gasteiger partial charge in [0.2, 0.25) is 0 Å². The highest BCUT2D eigenvalue weighted by molar-refractivity contribution is 9.10. The van der Waals surface area contributed by atoms with E-state index in [0.29, 0.717) is 17.4 Å². The molecule has 1 nitrogen and oxygen atoms in total. The Morgan fingerprint density at radius 2 is 1.74 bits per heavy atom. The molecule has 1 aromatic carbocycles. The number of likely N-dealkylation sites (N-methyl/N-ethyl adjacent to an activating group) is 1. The summed E-state index contributed by atoms with van der Waals surface area (Å²) in [6, 6.07) is 9.27. The van der Waals surface area contributed by atoms with E-state index in [-0.39, 0.29) is 0 Å². The molecule has 0 saturated heterocycles. The highest BCUT2D eigenvalue weighted by Crippen LogP contribution is 2.29. The third kappa shape index (κ3) is 6.09. The van der Waals surface area contributed by atoms with Gasteiger partial charge in [-0.3, -0.25) is 0 Å². The highest BCUT2D eigenvalue weighted by atomic mass is 79.9. The van der Waals surface area contributed by atoms with Gasteiger partial charge in [-0.25, -0.2) is 0 Å². The van der Waals surface area contributed by atoms with Crippen LogP contribution >= 0.6 is 15.9 Å². The van der Waals surface area contributed by atoms with Crippen LogP contribution in [0, 0.1) is 11.3 Å². The summed E-state index contributed by atoms with van der Waals surface area (Å²) in [5.41, 5.74) is 1.79. The van der Waals surface area contributed by atoms with E-state index in [4.69, 9.17) is 0 Å². The van der Waals surface area contributed by atoms with Crippen LogP contribution in [0.2, 0.25) is 0 Å². The minimum Gasteiger partial charge on any atom is -0.314 e. The highest BCUT2D eigenvalue weighted by Gasteiger charge is 2.23. The second kappa shape index (κ2) is 7.44. The van der Waals surface area contributed by atoms with E-state index < -0.39 is 0 Å². The molecule has 0 heterocycles. The monoisotopic (exact) mass is 325 g/mol. The Hall–Kier alpha value is -0.340. The molecule has 19 heavy (non-hydrogen) atoms. The average molecular weight is 326 g/mol. The Balaban J connectivity index is 2.64. The minimum atomic E-state index is 0.382. The second-order valence-corrected chi connectivity index (χ2v) is 7.50. The predicted octanol–water partition coefficient (Wildman–Crippen LogP) is 5.04. The molecule has 108 valence electrons. The summed E-state index contributed by atoms with van der Waals surface area (Å²) < 4.78 is 1.15. The molecular weight excluding hydrogens is 298 g/mol. The topological polar surface area (TPSA) is 12.0 Å². The first-order chi connectivity index (χ1) is 8.82. The predicted molar refractivity (Wildman–Crippen MR) is 88.5 cm³/mol. The largest absolute Gasteiger partial charge is 0.314 e. The zero-order valence-corrected chi connectivity index (χ0v) is 14.5. The first kappa shape index (κ1) is 16.7. The van der Waals surface area contributed by atoms with Crippen molar-refractivity contribution in [3.63, 3.8) is 0 Å². The van der Waals surface area contributed by atoms with Gasteiger partial charge in [0, 0.05) is 10.5 Å². The summed E-state index contributed by atoms with van der Waals surface area (Å²) >= 11 is 3.49. The first-order valence-electron chi connectivity index (χ1n) is 7.30. The molecule has 0 aliphatic carbocycles. The maximum Gasteiger partial charge on any atom is 0.0175 e. The Morgan fingerprint density at radius 1 is 1.16 bits per heavy atom. The molecule has 0 radical (unpaired) electrons. The Kier molecular flexibility index (Phi) is 6.55. The van der Waals surface area contributed by atoms with Gasteiger partial charge in [0.05, 0.1) is 0 Å². The molecule has 1 rings (SSSR count). The zero-order valence-electron chi connectivity index (χ0n) is 13.0. The van der Waals surface area contributed by atoms with Gasteiger partial charge in [0.1, 0.15) is 0 Å². The molecule has 0 saturated carbocycles. The number of rotatable bonds is 6. The minimum absolute atomic E-state index is 0.382. The van der Waals surface area contributed by atoms with E-state index in [0.717, 1.165) is 17.4 Å². The van der Waals surface area contributed by atoms with Crippen LogP contribution in [-0.2, 0) is 6.42 Å². The van der Waals surface area contributed by atoms with Crippen molar-refractivity contribution < 1.29 is 0 Å². The SMILES string of the molecule is CCNC(Cc1ccc(Br)cc1)CC(C)C(C)(C)C. The molecule has 2 unspecified atom stereocenters. The first-order valence-corrected chi connectivity index (χ1v) is 8.10. The lowest BCUT2D eigenvalue weighted by atomic mass is 9.78. The van der Waals surface area contributed by atoms with Crippen molar-refractivity contribution in [2.24, 2.45) is 11.3 Å². The smallest absolute Gasteiger partial charge is 0.0175 e. The van der Waals surface area contributed by atoms with Crippen LogP contribution in [0.5, 0.6) is 0 Å². The van der Waals surface area contributed by atoms with Crippen LogP contribution in [0.1, 0.15) is 46.6 Å². The molecule has 0 aromatic heterocycles. The van der Waals surface area contributed by atoms with Gasteiger partial charge < -0.3 is 5.32 Å². The van der Waals surface area contributed by atoms with Crippen LogP contribution in [0.15, 0.2) is 28.7 Å². The Bertz CT molecular complexity index is 364. The second-order valence-electron chi connectivity index (χ2n) is 6.59. The number of hydrogen-bond donors (Lipinski definition) is 1. The fourth-order valence-electron chi connectivity index (χ4n) is 2.21. The fourth-order valence-corrected chi connectivity index (χ4v) is 2.48. The number of nitrogens with one attached hydrogen (secondary N) is 1. The summed E-state index contributed by atoms with van der Waals surface area (Å²) in [6.45, 7) is 12.6. The van der Waals surface area contributed by atoms with E-state index in [2.05, 4.69) is 80.1 Å². The van der Waals surface area contributed by atoms with Crippen LogP contribution in [-0.4, -0.2) is 12.6 Å². The third-order valence-electron chi connectivity index (χ3n) is 4.00. The van der Waals surface area contributed by atoms with Gasteiger partial charge in [-0.2, -0.15) is 0 Å². The molecule has 0 bridgehead atoms. The fraction of sp³-hybridized carbons (Fsp3) is 0.647. The van der Waals surface area contributed by atoms with Gasteiger partial charge >= 0.3 is 0 Å². The van der Waals surface area contributed by atoms with Crippen molar-refractivity contribution >= 4 is 15.9 Å². The van der Waals surface area contributed by atoms with Crippen LogP contribution < -0.4 is 5.32 Å². The van der Waals surface area contributed by atoms with Crippen molar-refractivity contribution in [3.8, 4) is 0 Å². The third-order valence-corrected chi connectivity index (χ3v) is 4.53. The number of hydrogen-bond acceptors (Lipinski definition) is 1. The number of benzene rings is 1. The van der Waals surface area contributed by atoms with E-state index >= 15 is 0 Å². The maximum atomic E-state index is 3.64. The molecule has 0 spiro atoms. The van der Waals surface area contributed by atoms with Gasteiger partial charge in [0.15, 0.2) is 0 Å². The molecule has 0 fully saturated rings. The Morgan fingerprint density at radius 3 is 2.21 bits per heavy atom. The summed E-state index contributed by atoms with van der Waals surface area (Å²) in [4.78, 5) is 0. The summed E-state index contributed by atoms with van der Waals surface area (Å²) in [5.74, 6) is 0.715. The van der Waals surface area contributed by atoms with Crippen molar-refractivity contribution in [1.29, 1.82) is 0 Å². The average Bonchev–Trinajstić information content (AvgIpc) is 2.31. The van der Waals surface area contributed by atoms with E-state index in [1.54, 1.807) is 0 Å². The Labute approximate surface area is 127 Å². The quantitative estimate of drug-likeness (QED) is 0.772. The maximum absolute atomic E-state index is 3.64. The van der Waals surface area contributed by atoms with E-state index in [1.807, 2.05) is 0 Å². The molecule has 0 aliphatic rings. The van der Waals surface area contributed by atoms with Crippen molar-refractivity contribution in [2.75, 3.05) is 6.54 Å². The summed E-state index contributed by atoms with van der Waals surface area (Å²) in [6.07, 6.45) is 2.34. The molecule has 1 aromatic rings. The van der Waals surface area contributed by atoms with Gasteiger partial charge in [-0.1, -0.05) is 62.7 Å². The summed E-state index contributed by atoms with van der Waals surface area (Å²) in [5, 5.41) is 3.64. The molecule has 1 N–H and O–H groups in total. The molecule has 2 atom stereocenters. The normalized spacial score (nSPS) is 15.3. The summed E-state index contributed by atoms with van der Waals surface area (Å²) in [7, 11) is 0. The molecule has 0 amide bonds. The van der Waals surface area contributed by atoms with Crippen molar-refractivity contribution in [1.82, 2.24) is 5.32 Å². The van der Waals surface area contributed by atoms with Crippen LogP contribution in [0.25, 0.3) is 0 Å². The van der Waals surface area contributed by atoms with Crippen LogP contribution in [0.4, 0.5) is 0 Å². The molecule has 2 heteroatoms. The van der Waals surface area contributed by atoms with E-state index in [9.17, 15) is 0 Å². The van der Waals surface area contributed by atoms with Gasteiger partial charge in [-0.15, -0.1) is 0 Å². The standard InChI is InChI=1S/C17H28BrN/c1-6-19-16(11-13(2)17(3,4)5)12-14-7-9-15(18)10-8-14/h7-10,13,16,19H,6,11-12H2,1-5H3. The lowest BCUT2D eigenvalue weighted by Gasteiger charge is -2.31. The molecule has 0 aliphatic heterocycles. The molecular formula is C17H28BrN. The zero-order chi connectivity index (χ0) is 14.5. The van der Waals surface area contributed by atoms with Crippen molar-refractivity contribution in [3.05, 3.63) is 34.3 Å². The van der Waals surface area contributed by atoms with Gasteiger partial charge in [-0.05, 0) is 48.4 Å². The van der Waals surface area contributed by atoms with Gasteiger partial charge in [0.25, 0.3) is 0 Å².